The number of methoxy groups -OCH3 is 2. The van der Waals surface area contributed by atoms with E-state index in [1.807, 2.05) is 22.4 Å². The van der Waals surface area contributed by atoms with Crippen LogP contribution in [0.25, 0.3) is 0 Å². The maximum atomic E-state index is 13.0. The largest absolute Gasteiger partial charge is 0.497 e. The molecule has 1 aromatic carbocycles. The summed E-state index contributed by atoms with van der Waals surface area (Å²) in [4.78, 5) is 32.4. The van der Waals surface area contributed by atoms with Gasteiger partial charge in [0, 0.05) is 42.9 Å². The number of amides is 2. The first-order valence-corrected chi connectivity index (χ1v) is 12.7. The molecule has 1 saturated heterocycles. The van der Waals surface area contributed by atoms with E-state index < -0.39 is 0 Å². The van der Waals surface area contributed by atoms with Crippen molar-refractivity contribution >= 4 is 23.2 Å². The monoisotopic (exact) mass is 485 g/mol. The van der Waals surface area contributed by atoms with Gasteiger partial charge in [-0.15, -0.1) is 11.3 Å². The van der Waals surface area contributed by atoms with Crippen LogP contribution in [0.4, 0.5) is 0 Å². The molecule has 2 heterocycles. The van der Waals surface area contributed by atoms with Crippen LogP contribution in [0.1, 0.15) is 67.5 Å². The number of rotatable bonds is 7. The van der Waals surface area contributed by atoms with Gasteiger partial charge in [0.05, 0.1) is 19.2 Å². The van der Waals surface area contributed by atoms with Crippen LogP contribution >= 0.6 is 11.3 Å². The van der Waals surface area contributed by atoms with E-state index in [1.54, 1.807) is 20.3 Å². The van der Waals surface area contributed by atoms with Crippen molar-refractivity contribution in [1.82, 2.24) is 15.2 Å². The number of likely N-dealkylation sites (tertiary alicyclic amines) is 1. The molecule has 4 rings (SSSR count). The summed E-state index contributed by atoms with van der Waals surface area (Å²) in [6.07, 6.45) is 1.77. The molecule has 34 heavy (non-hydrogen) atoms. The van der Waals surface area contributed by atoms with E-state index in [-0.39, 0.29) is 22.7 Å². The summed E-state index contributed by atoms with van der Waals surface area (Å²) in [5, 5.41) is 5.73. The number of carbonyl (C=O) groups excluding carboxylic acids is 2. The van der Waals surface area contributed by atoms with E-state index in [0.29, 0.717) is 35.6 Å². The van der Waals surface area contributed by atoms with Gasteiger partial charge in [0.2, 0.25) is 5.91 Å². The molecule has 1 aliphatic heterocycles. The summed E-state index contributed by atoms with van der Waals surface area (Å²) in [6, 6.07) is 5.53. The lowest BCUT2D eigenvalue weighted by molar-refractivity contribution is -0.134. The van der Waals surface area contributed by atoms with Crippen LogP contribution in [0.5, 0.6) is 11.5 Å². The second-order valence-electron chi connectivity index (χ2n) is 10.5. The van der Waals surface area contributed by atoms with Crippen LogP contribution in [0, 0.1) is 16.7 Å². The Labute approximate surface area is 205 Å². The molecule has 0 radical (unpaired) electrons. The zero-order valence-corrected chi connectivity index (χ0v) is 21.8. The topological polar surface area (TPSA) is 80.8 Å². The molecule has 0 bridgehead atoms. The fourth-order valence-electron chi connectivity index (χ4n) is 5.16. The highest BCUT2D eigenvalue weighted by molar-refractivity contribution is 7.09. The number of hydrogen-bond acceptors (Lipinski definition) is 6. The van der Waals surface area contributed by atoms with E-state index in [9.17, 15) is 9.59 Å². The highest BCUT2D eigenvalue weighted by Gasteiger charge is 2.68. The molecule has 7 nitrogen and oxygen atoms in total. The summed E-state index contributed by atoms with van der Waals surface area (Å²) in [7, 11) is 3.20. The molecule has 0 spiro atoms. The van der Waals surface area contributed by atoms with Crippen molar-refractivity contribution < 1.29 is 19.1 Å². The molecule has 1 aliphatic carbocycles. The number of hydrogen-bond donors (Lipinski definition) is 1. The fraction of sp³-hybridized carbons (Fsp3) is 0.577. The maximum Gasteiger partial charge on any atom is 0.271 e. The maximum absolute atomic E-state index is 13.0. The molecule has 1 N–H and O–H groups in total. The predicted molar refractivity (Wildman–Crippen MR) is 132 cm³/mol. The molecule has 184 valence electrons. The van der Waals surface area contributed by atoms with Crippen molar-refractivity contribution in [3.05, 3.63) is 39.8 Å². The Hall–Kier alpha value is -2.61. The standard InChI is InChI=1S/C26H35N3O4S/c1-25(2)21(26(25,3)4)24(31)29-9-7-17(8-10-29)23-28-20(15-34-23)22(30)27-14-16-11-18(32-5)13-19(12-16)33-6/h11-13,15,17,21H,7-10,14H2,1-6H3,(H,27,30). The lowest BCUT2D eigenvalue weighted by Crippen LogP contribution is -2.40. The molecule has 2 aliphatic rings. The van der Waals surface area contributed by atoms with Gasteiger partial charge in [-0.2, -0.15) is 0 Å². The summed E-state index contributed by atoms with van der Waals surface area (Å²) in [5.41, 5.74) is 1.46. The number of aromatic nitrogens is 1. The number of nitrogens with one attached hydrogen (secondary N) is 1. The van der Waals surface area contributed by atoms with E-state index >= 15 is 0 Å². The van der Waals surface area contributed by atoms with Crippen LogP contribution in [0.15, 0.2) is 23.6 Å². The second-order valence-corrected chi connectivity index (χ2v) is 11.3. The average Bonchev–Trinajstić information content (AvgIpc) is 3.16. The quantitative estimate of drug-likeness (QED) is 0.626. The van der Waals surface area contributed by atoms with Crippen molar-refractivity contribution in [2.75, 3.05) is 27.3 Å². The smallest absolute Gasteiger partial charge is 0.271 e. The zero-order chi connectivity index (χ0) is 24.7. The summed E-state index contributed by atoms with van der Waals surface area (Å²) < 4.78 is 10.6. The average molecular weight is 486 g/mol. The first-order valence-electron chi connectivity index (χ1n) is 11.8. The molecular weight excluding hydrogens is 450 g/mol. The Kier molecular flexibility index (Phi) is 6.64. The van der Waals surface area contributed by atoms with Crippen LogP contribution in [-0.2, 0) is 11.3 Å². The lowest BCUT2D eigenvalue weighted by Gasteiger charge is -2.31. The third kappa shape index (κ3) is 4.52. The van der Waals surface area contributed by atoms with E-state index in [0.717, 1.165) is 36.5 Å². The van der Waals surface area contributed by atoms with Gasteiger partial charge in [-0.3, -0.25) is 9.59 Å². The van der Waals surface area contributed by atoms with Crippen molar-refractivity contribution in [1.29, 1.82) is 0 Å². The first kappa shape index (κ1) is 24.5. The Morgan fingerprint density at radius 3 is 2.18 bits per heavy atom. The number of carbonyl (C=O) groups is 2. The normalized spacial score (nSPS) is 19.5. The molecule has 1 aromatic heterocycles. The van der Waals surface area contributed by atoms with E-state index in [1.165, 1.54) is 11.3 Å². The number of benzene rings is 1. The Bertz CT molecular complexity index is 1030. The van der Waals surface area contributed by atoms with Crippen molar-refractivity contribution in [3.63, 3.8) is 0 Å². The highest BCUT2D eigenvalue weighted by atomic mass is 32.1. The summed E-state index contributed by atoms with van der Waals surface area (Å²) in [6.45, 7) is 10.6. The first-order chi connectivity index (χ1) is 16.1. The van der Waals surface area contributed by atoms with E-state index in [4.69, 9.17) is 9.47 Å². The van der Waals surface area contributed by atoms with Gasteiger partial charge in [-0.05, 0) is 41.4 Å². The van der Waals surface area contributed by atoms with Crippen LogP contribution < -0.4 is 14.8 Å². The Morgan fingerprint density at radius 2 is 1.65 bits per heavy atom. The van der Waals surface area contributed by atoms with Crippen LogP contribution in [-0.4, -0.2) is 49.0 Å². The molecule has 2 fully saturated rings. The molecule has 0 unspecified atom stereocenters. The fourth-order valence-corrected chi connectivity index (χ4v) is 6.14. The number of thiazole rings is 1. The van der Waals surface area contributed by atoms with Gasteiger partial charge < -0.3 is 19.7 Å². The number of ether oxygens (including phenoxy) is 2. The summed E-state index contributed by atoms with van der Waals surface area (Å²) >= 11 is 1.53. The lowest BCUT2D eigenvalue weighted by atomic mass is 9.96. The molecule has 0 atom stereocenters. The second kappa shape index (κ2) is 9.21. The SMILES string of the molecule is COc1cc(CNC(=O)c2csc(C3CCN(C(=O)C4C(C)(C)C4(C)C)CC3)n2)cc(OC)c1. The predicted octanol–water partition coefficient (Wildman–Crippen LogP) is 4.48. The zero-order valence-electron chi connectivity index (χ0n) is 20.9. The number of piperidine rings is 1. The highest BCUT2D eigenvalue weighted by Crippen LogP contribution is 2.68. The van der Waals surface area contributed by atoms with Crippen molar-refractivity contribution in [2.45, 2.75) is 53.0 Å². The van der Waals surface area contributed by atoms with Gasteiger partial charge in [-0.25, -0.2) is 4.98 Å². The third-order valence-electron chi connectivity index (χ3n) is 8.04. The molecule has 1 saturated carbocycles. The van der Waals surface area contributed by atoms with Gasteiger partial charge in [0.1, 0.15) is 17.2 Å². The van der Waals surface area contributed by atoms with Gasteiger partial charge in [-0.1, -0.05) is 27.7 Å². The molecule has 2 amide bonds. The number of nitrogens with zero attached hydrogens (tertiary/aromatic N) is 2. The molecular formula is C26H35N3O4S. The van der Waals surface area contributed by atoms with Gasteiger partial charge in [0.25, 0.3) is 5.91 Å². The van der Waals surface area contributed by atoms with Crippen molar-refractivity contribution in [3.8, 4) is 11.5 Å². The molecule has 8 heteroatoms. The summed E-state index contributed by atoms with van der Waals surface area (Å²) in [5.74, 6) is 1.85. The Balaban J connectivity index is 1.31. The van der Waals surface area contributed by atoms with Gasteiger partial charge >= 0.3 is 0 Å². The van der Waals surface area contributed by atoms with Crippen LogP contribution in [0.3, 0.4) is 0 Å². The van der Waals surface area contributed by atoms with Crippen molar-refractivity contribution in [2.24, 2.45) is 16.7 Å². The van der Waals surface area contributed by atoms with Crippen LogP contribution in [0.2, 0.25) is 0 Å². The minimum Gasteiger partial charge on any atom is -0.497 e. The Morgan fingerprint density at radius 1 is 1.06 bits per heavy atom. The minimum atomic E-state index is -0.199. The van der Waals surface area contributed by atoms with Gasteiger partial charge in [0.15, 0.2) is 0 Å². The minimum absolute atomic E-state index is 0.0640. The van der Waals surface area contributed by atoms with E-state index in [2.05, 4.69) is 38.0 Å². The molecule has 2 aromatic rings. The third-order valence-corrected chi connectivity index (χ3v) is 9.05.